The monoisotopic (exact) mass is 208 g/mol. The zero-order chi connectivity index (χ0) is 11.5. The predicted octanol–water partition coefficient (Wildman–Crippen LogP) is 2.06. The molecule has 2 nitrogen and oxygen atoms in total. The van der Waals surface area contributed by atoms with Gasteiger partial charge >= 0.3 is 0 Å². The van der Waals surface area contributed by atoms with Crippen LogP contribution in [-0.2, 0) is 0 Å². The van der Waals surface area contributed by atoms with E-state index in [9.17, 15) is 0 Å². The van der Waals surface area contributed by atoms with Crippen molar-refractivity contribution in [3.05, 3.63) is 42.2 Å². The van der Waals surface area contributed by atoms with Gasteiger partial charge in [-0.05, 0) is 11.5 Å². The summed E-state index contributed by atoms with van der Waals surface area (Å²) in [4.78, 5) is 8.37. The summed E-state index contributed by atoms with van der Waals surface area (Å²) >= 11 is 0. The minimum absolute atomic E-state index is 0.543. The van der Waals surface area contributed by atoms with Gasteiger partial charge in [-0.3, -0.25) is 0 Å². The van der Waals surface area contributed by atoms with Crippen LogP contribution < -0.4 is 5.46 Å². The molecule has 0 aliphatic rings. The molecule has 0 saturated carbocycles. The van der Waals surface area contributed by atoms with E-state index in [0.29, 0.717) is 17.2 Å². The summed E-state index contributed by atoms with van der Waals surface area (Å²) in [5.74, 6) is 1.26. The minimum atomic E-state index is 0.543. The molecule has 16 heavy (non-hydrogen) atoms. The summed E-state index contributed by atoms with van der Waals surface area (Å²) in [5, 5.41) is 0. The normalized spacial score (nSPS) is 10.7. The lowest BCUT2D eigenvalue weighted by Gasteiger charge is -2.06. The van der Waals surface area contributed by atoms with Gasteiger partial charge in [0.05, 0.1) is 0 Å². The van der Waals surface area contributed by atoms with E-state index in [4.69, 9.17) is 7.85 Å². The second-order valence-corrected chi connectivity index (χ2v) is 4.12. The van der Waals surface area contributed by atoms with E-state index in [1.165, 1.54) is 5.56 Å². The smallest absolute Gasteiger partial charge is 0.159 e. The third-order valence-electron chi connectivity index (χ3n) is 2.51. The molecule has 0 aliphatic heterocycles. The van der Waals surface area contributed by atoms with E-state index in [2.05, 4.69) is 35.9 Å². The van der Waals surface area contributed by atoms with Crippen molar-refractivity contribution in [2.24, 2.45) is 0 Å². The first-order chi connectivity index (χ1) is 7.66. The van der Waals surface area contributed by atoms with Crippen LogP contribution in [0.5, 0.6) is 0 Å². The Kier molecular flexibility index (Phi) is 3.04. The molecule has 0 fully saturated rings. The molecule has 0 spiro atoms. The molecule has 2 radical (unpaired) electrons. The van der Waals surface area contributed by atoms with Crippen LogP contribution >= 0.6 is 0 Å². The Morgan fingerprint density at radius 1 is 1.00 bits per heavy atom. The summed E-state index contributed by atoms with van der Waals surface area (Å²) in [6.07, 6.45) is 3.25. The lowest BCUT2D eigenvalue weighted by Crippen LogP contribution is -2.05. The highest BCUT2D eigenvalue weighted by molar-refractivity contribution is 6.31. The maximum absolute atomic E-state index is 5.54. The van der Waals surface area contributed by atoms with E-state index >= 15 is 0 Å². The fourth-order valence-electron chi connectivity index (χ4n) is 1.50. The van der Waals surface area contributed by atoms with Crippen molar-refractivity contribution in [3.8, 4) is 11.4 Å². The van der Waals surface area contributed by atoms with E-state index in [1.54, 1.807) is 12.4 Å². The molecule has 78 valence electrons. The number of hydrogen-bond acceptors (Lipinski definition) is 2. The Bertz CT molecular complexity index is 460. The van der Waals surface area contributed by atoms with E-state index in [-0.39, 0.29) is 0 Å². The summed E-state index contributed by atoms with van der Waals surface area (Å²) < 4.78 is 0. The highest BCUT2D eigenvalue weighted by Gasteiger charge is 2.02. The first kappa shape index (κ1) is 10.9. The van der Waals surface area contributed by atoms with Crippen molar-refractivity contribution >= 4 is 13.3 Å². The van der Waals surface area contributed by atoms with Gasteiger partial charge in [0.2, 0.25) is 0 Å². The SMILES string of the molecule is [B]c1cnc(-c2ccc(C(C)C)cc2)nc1. The van der Waals surface area contributed by atoms with Gasteiger partial charge in [0, 0.05) is 18.0 Å². The first-order valence-corrected chi connectivity index (χ1v) is 5.34. The van der Waals surface area contributed by atoms with Gasteiger partial charge in [-0.1, -0.05) is 43.6 Å². The summed E-state index contributed by atoms with van der Waals surface area (Å²) in [6, 6.07) is 8.31. The molecule has 2 aromatic rings. The van der Waals surface area contributed by atoms with Crippen LogP contribution in [0.2, 0.25) is 0 Å². The summed E-state index contributed by atoms with van der Waals surface area (Å²) in [7, 11) is 5.54. The molecule has 1 heterocycles. The zero-order valence-corrected chi connectivity index (χ0v) is 9.51. The number of rotatable bonds is 2. The second kappa shape index (κ2) is 4.48. The van der Waals surface area contributed by atoms with Gasteiger partial charge < -0.3 is 0 Å². The van der Waals surface area contributed by atoms with E-state index < -0.39 is 0 Å². The quantitative estimate of drug-likeness (QED) is 0.706. The van der Waals surface area contributed by atoms with Crippen LogP contribution in [0.25, 0.3) is 11.4 Å². The second-order valence-electron chi connectivity index (χ2n) is 4.12. The van der Waals surface area contributed by atoms with Crippen LogP contribution in [0.1, 0.15) is 25.3 Å². The molecule has 0 amide bonds. The molecular formula is C13H13BN2. The molecule has 2 rings (SSSR count). The van der Waals surface area contributed by atoms with E-state index in [0.717, 1.165) is 5.56 Å². The van der Waals surface area contributed by atoms with Crippen LogP contribution in [0.4, 0.5) is 0 Å². The average molecular weight is 208 g/mol. The molecule has 0 bridgehead atoms. The average Bonchev–Trinajstić information content (AvgIpc) is 2.30. The Morgan fingerprint density at radius 2 is 1.56 bits per heavy atom. The van der Waals surface area contributed by atoms with Crippen molar-refractivity contribution in [1.82, 2.24) is 9.97 Å². The largest absolute Gasteiger partial charge is 0.237 e. The van der Waals surface area contributed by atoms with Crippen molar-refractivity contribution in [2.45, 2.75) is 19.8 Å². The van der Waals surface area contributed by atoms with E-state index in [1.807, 2.05) is 12.1 Å². The van der Waals surface area contributed by atoms with Crippen LogP contribution in [0.3, 0.4) is 0 Å². The lowest BCUT2D eigenvalue weighted by molar-refractivity contribution is 0.867. The van der Waals surface area contributed by atoms with Crippen molar-refractivity contribution in [1.29, 1.82) is 0 Å². The summed E-state index contributed by atoms with van der Waals surface area (Å²) in [5.41, 5.74) is 2.92. The Balaban J connectivity index is 2.31. The first-order valence-electron chi connectivity index (χ1n) is 5.34. The molecule has 0 atom stereocenters. The fraction of sp³-hybridized carbons (Fsp3) is 0.231. The minimum Gasteiger partial charge on any atom is -0.237 e. The van der Waals surface area contributed by atoms with Gasteiger partial charge in [-0.2, -0.15) is 0 Å². The van der Waals surface area contributed by atoms with Crippen LogP contribution in [0.15, 0.2) is 36.7 Å². The molecule has 0 N–H and O–H groups in total. The highest BCUT2D eigenvalue weighted by Crippen LogP contribution is 2.19. The molecule has 0 aliphatic carbocycles. The highest BCUT2D eigenvalue weighted by atomic mass is 14.9. The van der Waals surface area contributed by atoms with Crippen molar-refractivity contribution < 1.29 is 0 Å². The standard InChI is InChI=1S/C13H13BN2/c1-9(2)10-3-5-11(6-4-10)13-15-7-12(14)8-16-13/h3-9H,1-2H3. The molecule has 0 unspecified atom stereocenters. The topological polar surface area (TPSA) is 25.8 Å². The fourth-order valence-corrected chi connectivity index (χ4v) is 1.50. The molecule has 3 heteroatoms. The third kappa shape index (κ3) is 2.30. The number of benzene rings is 1. The van der Waals surface area contributed by atoms with Crippen LogP contribution in [-0.4, -0.2) is 17.8 Å². The Hall–Kier alpha value is -1.64. The molecular weight excluding hydrogens is 195 g/mol. The van der Waals surface area contributed by atoms with Crippen molar-refractivity contribution in [2.75, 3.05) is 0 Å². The molecule has 0 saturated heterocycles. The van der Waals surface area contributed by atoms with Gasteiger partial charge in [-0.25, -0.2) is 9.97 Å². The maximum atomic E-state index is 5.54. The number of aromatic nitrogens is 2. The third-order valence-corrected chi connectivity index (χ3v) is 2.51. The molecule has 1 aromatic heterocycles. The van der Waals surface area contributed by atoms with Crippen LogP contribution in [0, 0.1) is 0 Å². The van der Waals surface area contributed by atoms with Gasteiger partial charge in [0.25, 0.3) is 0 Å². The Labute approximate surface area is 97.2 Å². The van der Waals surface area contributed by atoms with Gasteiger partial charge in [-0.15, -0.1) is 0 Å². The number of hydrogen-bond donors (Lipinski definition) is 0. The zero-order valence-electron chi connectivity index (χ0n) is 9.51. The Morgan fingerprint density at radius 3 is 2.06 bits per heavy atom. The van der Waals surface area contributed by atoms with Gasteiger partial charge in [0.1, 0.15) is 7.85 Å². The maximum Gasteiger partial charge on any atom is 0.159 e. The molecule has 1 aromatic carbocycles. The van der Waals surface area contributed by atoms with Crippen molar-refractivity contribution in [3.63, 3.8) is 0 Å². The lowest BCUT2D eigenvalue weighted by atomic mass is 10.0. The number of nitrogens with zero attached hydrogens (tertiary/aromatic N) is 2. The summed E-state index contributed by atoms with van der Waals surface area (Å²) in [6.45, 7) is 4.35. The van der Waals surface area contributed by atoms with Gasteiger partial charge in [0.15, 0.2) is 5.82 Å². The predicted molar refractivity (Wildman–Crippen MR) is 66.9 cm³/mol.